The van der Waals surface area contributed by atoms with E-state index in [1.54, 1.807) is 36.3 Å². The molecule has 0 atom stereocenters. The van der Waals surface area contributed by atoms with Crippen molar-refractivity contribution in [2.45, 2.75) is 39.7 Å². The van der Waals surface area contributed by atoms with Crippen LogP contribution in [0.15, 0.2) is 83.3 Å². The van der Waals surface area contributed by atoms with Gasteiger partial charge in [0.2, 0.25) is 5.89 Å². The van der Waals surface area contributed by atoms with Crippen molar-refractivity contribution >= 4 is 6.09 Å². The number of carbonyl (C=O) groups excluding carboxylic acids is 1. The van der Waals surface area contributed by atoms with Gasteiger partial charge in [-0.25, -0.2) is 9.78 Å². The van der Waals surface area contributed by atoms with Gasteiger partial charge in [0.1, 0.15) is 23.0 Å². The number of benzene rings is 3. The van der Waals surface area contributed by atoms with Gasteiger partial charge in [-0.15, -0.1) is 0 Å². The molecule has 0 saturated carbocycles. The number of methoxy groups -OCH3 is 1. The average Bonchev–Trinajstić information content (AvgIpc) is 3.34. The summed E-state index contributed by atoms with van der Waals surface area (Å²) < 4.78 is 22.7. The van der Waals surface area contributed by atoms with E-state index in [1.807, 2.05) is 68.4 Å². The zero-order valence-corrected chi connectivity index (χ0v) is 22.6. The van der Waals surface area contributed by atoms with Crippen LogP contribution in [0.3, 0.4) is 0 Å². The van der Waals surface area contributed by atoms with Crippen molar-refractivity contribution in [1.29, 1.82) is 0 Å². The number of oxazole rings is 1. The molecule has 0 spiro atoms. The van der Waals surface area contributed by atoms with Crippen LogP contribution in [0.1, 0.15) is 37.8 Å². The highest BCUT2D eigenvalue weighted by Crippen LogP contribution is 2.31. The van der Waals surface area contributed by atoms with Gasteiger partial charge in [-0.3, -0.25) is 0 Å². The number of hydrogen-bond acceptors (Lipinski definition) is 6. The Kier molecular flexibility index (Phi) is 8.36. The highest BCUT2D eigenvalue weighted by atomic mass is 16.6. The van der Waals surface area contributed by atoms with Gasteiger partial charge in [-0.2, -0.15) is 0 Å². The third-order valence-corrected chi connectivity index (χ3v) is 6.26. The second-order valence-corrected chi connectivity index (χ2v) is 9.66. The van der Waals surface area contributed by atoms with Crippen molar-refractivity contribution in [1.82, 2.24) is 9.88 Å². The maximum atomic E-state index is 12.7. The van der Waals surface area contributed by atoms with Crippen LogP contribution in [0, 0.1) is 6.92 Å². The Morgan fingerprint density at radius 3 is 2.18 bits per heavy atom. The molecule has 1 amide bonds. The first kappa shape index (κ1) is 26.8. The molecule has 7 heteroatoms. The van der Waals surface area contributed by atoms with Crippen molar-refractivity contribution in [2.24, 2.45) is 0 Å². The summed E-state index contributed by atoms with van der Waals surface area (Å²) in [5.74, 6) is 3.32. The molecule has 4 aromatic rings. The minimum atomic E-state index is -0.405. The van der Waals surface area contributed by atoms with E-state index in [1.165, 1.54) is 0 Å². The first-order valence-electron chi connectivity index (χ1n) is 12.6. The van der Waals surface area contributed by atoms with Crippen molar-refractivity contribution in [2.75, 3.05) is 20.3 Å². The molecule has 3 aromatic carbocycles. The van der Waals surface area contributed by atoms with Gasteiger partial charge in [0, 0.05) is 24.1 Å². The molecule has 7 nitrogen and oxygen atoms in total. The Balaban J connectivity index is 1.34. The van der Waals surface area contributed by atoms with E-state index in [-0.39, 0.29) is 5.41 Å². The fourth-order valence-corrected chi connectivity index (χ4v) is 4.09. The molecule has 0 fully saturated rings. The van der Waals surface area contributed by atoms with Crippen LogP contribution in [0.2, 0.25) is 0 Å². The van der Waals surface area contributed by atoms with Gasteiger partial charge < -0.3 is 23.5 Å². The topological polar surface area (TPSA) is 74.0 Å². The third kappa shape index (κ3) is 6.54. The number of nitrogens with zero attached hydrogens (tertiary/aromatic N) is 2. The number of aryl methyl sites for hydroxylation is 1. The van der Waals surface area contributed by atoms with Gasteiger partial charge in [-0.05, 0) is 67.9 Å². The van der Waals surface area contributed by atoms with E-state index in [4.69, 9.17) is 23.6 Å². The van der Waals surface area contributed by atoms with Crippen LogP contribution in [0.4, 0.5) is 4.79 Å². The molecule has 38 heavy (non-hydrogen) atoms. The van der Waals surface area contributed by atoms with E-state index in [0.29, 0.717) is 37.1 Å². The lowest BCUT2D eigenvalue weighted by molar-refractivity contribution is 0.152. The Bertz CT molecular complexity index is 1330. The summed E-state index contributed by atoms with van der Waals surface area (Å²) in [7, 11) is 1.59. The van der Waals surface area contributed by atoms with Gasteiger partial charge in [-0.1, -0.05) is 44.2 Å². The van der Waals surface area contributed by atoms with Crippen molar-refractivity contribution in [3.63, 3.8) is 0 Å². The summed E-state index contributed by atoms with van der Waals surface area (Å²) in [6, 6.07) is 24.6. The van der Waals surface area contributed by atoms with Gasteiger partial charge in [0.25, 0.3) is 0 Å². The molecular weight excluding hydrogens is 480 g/mol. The molecule has 0 radical (unpaired) electrons. The second kappa shape index (κ2) is 11.9. The van der Waals surface area contributed by atoms with Gasteiger partial charge >= 0.3 is 6.09 Å². The zero-order valence-electron chi connectivity index (χ0n) is 22.6. The molecule has 0 N–H and O–H groups in total. The lowest BCUT2D eigenvalue weighted by Crippen LogP contribution is -2.32. The number of carbonyl (C=O) groups is 1. The average molecular weight is 515 g/mol. The molecule has 1 heterocycles. The third-order valence-electron chi connectivity index (χ3n) is 6.26. The molecule has 0 unspecified atom stereocenters. The summed E-state index contributed by atoms with van der Waals surface area (Å²) in [6.45, 7) is 9.42. The number of aromatic nitrogens is 1. The second-order valence-electron chi connectivity index (χ2n) is 9.66. The van der Waals surface area contributed by atoms with Crippen LogP contribution >= 0.6 is 0 Å². The SMILES string of the molecule is CCN(Cc1ccc(OCC(C)(C)c2nc(-c3ccccc3)oc2C)cc1)C(=O)Oc1ccc(OC)cc1. The fraction of sp³-hybridized carbons (Fsp3) is 0.290. The minimum absolute atomic E-state index is 0.358. The highest BCUT2D eigenvalue weighted by molar-refractivity contribution is 5.70. The number of amides is 1. The highest BCUT2D eigenvalue weighted by Gasteiger charge is 2.29. The van der Waals surface area contributed by atoms with Crippen LogP contribution in [-0.2, 0) is 12.0 Å². The molecular formula is C31H34N2O5. The summed E-state index contributed by atoms with van der Waals surface area (Å²) in [5.41, 5.74) is 2.44. The quantitative estimate of drug-likeness (QED) is 0.226. The van der Waals surface area contributed by atoms with E-state index in [0.717, 1.165) is 28.3 Å². The van der Waals surface area contributed by atoms with E-state index in [9.17, 15) is 4.79 Å². The Morgan fingerprint density at radius 1 is 0.921 bits per heavy atom. The first-order chi connectivity index (χ1) is 18.3. The monoisotopic (exact) mass is 514 g/mol. The maximum absolute atomic E-state index is 12.7. The first-order valence-corrected chi connectivity index (χ1v) is 12.6. The molecule has 0 aliphatic heterocycles. The molecule has 198 valence electrons. The van der Waals surface area contributed by atoms with Crippen LogP contribution < -0.4 is 14.2 Å². The number of rotatable bonds is 10. The van der Waals surface area contributed by atoms with E-state index in [2.05, 4.69) is 13.8 Å². The summed E-state index contributed by atoms with van der Waals surface area (Å²) in [4.78, 5) is 19.1. The molecule has 4 rings (SSSR count). The van der Waals surface area contributed by atoms with Gasteiger partial charge in [0.15, 0.2) is 0 Å². The Hall–Kier alpha value is -4.26. The molecule has 1 aromatic heterocycles. The lowest BCUT2D eigenvalue weighted by atomic mass is 9.89. The number of ether oxygens (including phenoxy) is 3. The van der Waals surface area contributed by atoms with Crippen LogP contribution in [0.25, 0.3) is 11.5 Å². The minimum Gasteiger partial charge on any atom is -0.497 e. The summed E-state index contributed by atoms with van der Waals surface area (Å²) in [5, 5.41) is 0. The summed E-state index contributed by atoms with van der Waals surface area (Å²) >= 11 is 0. The Morgan fingerprint density at radius 2 is 1.55 bits per heavy atom. The normalized spacial score (nSPS) is 11.2. The largest absolute Gasteiger partial charge is 0.497 e. The van der Waals surface area contributed by atoms with Crippen LogP contribution in [0.5, 0.6) is 17.2 Å². The molecule has 0 bridgehead atoms. The van der Waals surface area contributed by atoms with Crippen molar-refractivity contribution in [3.8, 4) is 28.7 Å². The van der Waals surface area contributed by atoms with Crippen molar-refractivity contribution in [3.05, 3.63) is 95.9 Å². The maximum Gasteiger partial charge on any atom is 0.415 e. The lowest BCUT2D eigenvalue weighted by Gasteiger charge is -2.23. The molecule has 0 aliphatic rings. The van der Waals surface area contributed by atoms with E-state index < -0.39 is 6.09 Å². The zero-order chi connectivity index (χ0) is 27.1. The predicted octanol–water partition coefficient (Wildman–Crippen LogP) is 7.04. The molecule has 0 aliphatic carbocycles. The Labute approximate surface area is 224 Å². The standard InChI is InChI=1S/C31H34N2O5/c1-6-33(30(34)38-27-18-16-25(35-5)17-19-27)20-23-12-14-26(15-13-23)36-21-31(3,4)28-22(2)37-29(32-28)24-10-8-7-9-11-24/h7-19H,6,20-21H2,1-5H3. The molecule has 0 saturated heterocycles. The van der Waals surface area contributed by atoms with Crippen molar-refractivity contribution < 1.29 is 23.4 Å². The smallest absolute Gasteiger partial charge is 0.415 e. The van der Waals surface area contributed by atoms with Gasteiger partial charge in [0.05, 0.1) is 19.4 Å². The number of hydrogen-bond donors (Lipinski definition) is 0. The van der Waals surface area contributed by atoms with Crippen LogP contribution in [-0.4, -0.2) is 36.2 Å². The van der Waals surface area contributed by atoms with E-state index >= 15 is 0 Å². The predicted molar refractivity (Wildman–Crippen MR) is 147 cm³/mol. The fourth-order valence-electron chi connectivity index (χ4n) is 4.09. The summed E-state index contributed by atoms with van der Waals surface area (Å²) in [6.07, 6.45) is -0.405.